The number of aldehydes is 1. The fourth-order valence-electron chi connectivity index (χ4n) is 0.142. The molecular weight excluding hydrogens is 190 g/mol. The first kappa shape index (κ1) is 7.91. The molecule has 0 aliphatic carbocycles. The van der Waals surface area contributed by atoms with Gasteiger partial charge in [-0.15, -0.1) is 12.6 Å². The van der Waals surface area contributed by atoms with E-state index in [-0.39, 0.29) is 5.57 Å². The number of hydrogen-bond donors (Lipinski definition) is 2. The Morgan fingerprint density at radius 2 is 2.25 bits per heavy atom. The van der Waals surface area contributed by atoms with Gasteiger partial charge in [-0.05, 0) is 15.9 Å². The molecule has 0 aliphatic rings. The van der Waals surface area contributed by atoms with Crippen molar-refractivity contribution in [2.24, 2.45) is 0 Å². The standard InChI is InChI=1S/C4H4BrNOS/c5-4(8)3(1-6)2-7/h1-2,6,8H/b4-3+,6-1?. The molecule has 0 saturated heterocycles. The first-order chi connectivity index (χ1) is 3.72. The predicted molar refractivity (Wildman–Crippen MR) is 39.8 cm³/mol. The number of carbonyl (C=O) groups is 1. The fraction of sp³-hybridized carbons (Fsp3) is 0. The molecule has 0 aromatic heterocycles. The Hall–Kier alpha value is -0.0900. The molecular formula is C4H4BrNOS. The Bertz CT molecular complexity index is 129. The van der Waals surface area contributed by atoms with E-state index in [0.29, 0.717) is 10.1 Å². The first-order valence-electron chi connectivity index (χ1n) is 1.76. The molecule has 0 bridgehead atoms. The number of carbonyl (C=O) groups excluding carboxylic acids is 1. The lowest BCUT2D eigenvalue weighted by atomic mass is 10.4. The third kappa shape index (κ3) is 2.28. The fourth-order valence-corrected chi connectivity index (χ4v) is 0.467. The third-order valence-electron chi connectivity index (χ3n) is 0.521. The van der Waals surface area contributed by atoms with Crippen LogP contribution in [0.25, 0.3) is 0 Å². The lowest BCUT2D eigenvalue weighted by Gasteiger charge is -1.84. The van der Waals surface area contributed by atoms with Crippen molar-refractivity contribution in [2.45, 2.75) is 0 Å². The summed E-state index contributed by atoms with van der Waals surface area (Å²) in [6.07, 6.45) is 1.49. The summed E-state index contributed by atoms with van der Waals surface area (Å²) < 4.78 is 0.391. The lowest BCUT2D eigenvalue weighted by molar-refractivity contribution is -0.104. The highest BCUT2D eigenvalue weighted by Crippen LogP contribution is 2.12. The van der Waals surface area contributed by atoms with Crippen LogP contribution in [-0.4, -0.2) is 12.5 Å². The van der Waals surface area contributed by atoms with Crippen LogP contribution in [0.1, 0.15) is 0 Å². The predicted octanol–water partition coefficient (Wildman–Crippen LogP) is 1.37. The van der Waals surface area contributed by atoms with Gasteiger partial charge in [-0.25, -0.2) is 0 Å². The topological polar surface area (TPSA) is 40.9 Å². The minimum atomic E-state index is 0.244. The van der Waals surface area contributed by atoms with E-state index in [2.05, 4.69) is 28.6 Å². The average Bonchev–Trinajstić information content (AvgIpc) is 1.69. The smallest absolute Gasteiger partial charge is 0.153 e. The molecule has 0 heterocycles. The number of allylic oxidation sites excluding steroid dienone is 1. The molecule has 0 unspecified atom stereocenters. The van der Waals surface area contributed by atoms with Crippen LogP contribution in [0.5, 0.6) is 0 Å². The van der Waals surface area contributed by atoms with Crippen molar-refractivity contribution in [3.63, 3.8) is 0 Å². The van der Waals surface area contributed by atoms with Crippen LogP contribution in [0.3, 0.4) is 0 Å². The molecule has 0 aromatic carbocycles. The molecule has 2 nitrogen and oxygen atoms in total. The van der Waals surface area contributed by atoms with Gasteiger partial charge in [0.1, 0.15) is 0 Å². The molecule has 0 saturated carbocycles. The highest BCUT2D eigenvalue weighted by molar-refractivity contribution is 9.13. The molecule has 8 heavy (non-hydrogen) atoms. The maximum atomic E-state index is 9.89. The van der Waals surface area contributed by atoms with E-state index in [1.54, 1.807) is 0 Å². The molecule has 0 amide bonds. The number of thiol groups is 1. The molecule has 0 rings (SSSR count). The lowest BCUT2D eigenvalue weighted by Crippen LogP contribution is -1.83. The van der Waals surface area contributed by atoms with Gasteiger partial charge in [0.15, 0.2) is 6.29 Å². The number of halogens is 1. The van der Waals surface area contributed by atoms with Crippen LogP contribution in [0.2, 0.25) is 0 Å². The minimum absolute atomic E-state index is 0.244. The van der Waals surface area contributed by atoms with Crippen molar-refractivity contribution >= 4 is 41.1 Å². The highest BCUT2D eigenvalue weighted by atomic mass is 79.9. The van der Waals surface area contributed by atoms with Gasteiger partial charge in [0.2, 0.25) is 0 Å². The third-order valence-corrected chi connectivity index (χ3v) is 1.24. The second-order valence-corrected chi connectivity index (χ2v) is 2.86. The summed E-state index contributed by atoms with van der Waals surface area (Å²) >= 11 is 6.69. The second kappa shape index (κ2) is 3.86. The highest BCUT2D eigenvalue weighted by Gasteiger charge is 1.91. The van der Waals surface area contributed by atoms with Crippen LogP contribution in [0.4, 0.5) is 0 Å². The van der Waals surface area contributed by atoms with E-state index in [1.165, 1.54) is 0 Å². The molecule has 0 aliphatic heterocycles. The van der Waals surface area contributed by atoms with Gasteiger partial charge >= 0.3 is 0 Å². The zero-order chi connectivity index (χ0) is 6.57. The van der Waals surface area contributed by atoms with E-state index in [0.717, 1.165) is 6.21 Å². The number of nitrogens with one attached hydrogen (secondary N) is 1. The van der Waals surface area contributed by atoms with Gasteiger partial charge in [-0.3, -0.25) is 4.79 Å². The van der Waals surface area contributed by atoms with E-state index in [1.807, 2.05) is 0 Å². The van der Waals surface area contributed by atoms with Crippen molar-refractivity contribution in [3.05, 3.63) is 9.39 Å². The number of hydrogen-bond acceptors (Lipinski definition) is 3. The van der Waals surface area contributed by atoms with E-state index in [4.69, 9.17) is 5.41 Å². The van der Waals surface area contributed by atoms with Crippen molar-refractivity contribution in [2.75, 3.05) is 0 Å². The Morgan fingerprint density at radius 1 is 1.75 bits per heavy atom. The summed E-state index contributed by atoms with van der Waals surface area (Å²) in [5, 5.41) is 6.60. The van der Waals surface area contributed by atoms with Crippen LogP contribution in [-0.2, 0) is 4.79 Å². The minimum Gasteiger partial charge on any atom is -0.308 e. The molecule has 4 heteroatoms. The maximum Gasteiger partial charge on any atom is 0.153 e. The van der Waals surface area contributed by atoms with Gasteiger partial charge in [0.25, 0.3) is 0 Å². The van der Waals surface area contributed by atoms with Crippen LogP contribution in [0.15, 0.2) is 9.39 Å². The van der Waals surface area contributed by atoms with E-state index < -0.39 is 0 Å². The van der Waals surface area contributed by atoms with Crippen molar-refractivity contribution in [1.29, 1.82) is 5.41 Å². The molecule has 1 N–H and O–H groups in total. The maximum absolute atomic E-state index is 9.89. The van der Waals surface area contributed by atoms with Gasteiger partial charge < -0.3 is 5.41 Å². The van der Waals surface area contributed by atoms with E-state index in [9.17, 15) is 4.79 Å². The second-order valence-electron chi connectivity index (χ2n) is 1.01. The monoisotopic (exact) mass is 193 g/mol. The van der Waals surface area contributed by atoms with Crippen LogP contribution >= 0.6 is 28.6 Å². The zero-order valence-electron chi connectivity index (χ0n) is 3.89. The van der Waals surface area contributed by atoms with Crippen LogP contribution in [0, 0.1) is 5.41 Å². The first-order valence-corrected chi connectivity index (χ1v) is 3.00. The van der Waals surface area contributed by atoms with Gasteiger partial charge in [-0.2, -0.15) is 0 Å². The molecule has 0 fully saturated rings. The van der Waals surface area contributed by atoms with Gasteiger partial charge in [-0.1, -0.05) is 0 Å². The Labute approximate surface area is 61.0 Å². The summed E-state index contributed by atoms with van der Waals surface area (Å²) in [7, 11) is 0. The Morgan fingerprint density at radius 3 is 2.25 bits per heavy atom. The van der Waals surface area contributed by atoms with E-state index >= 15 is 0 Å². The summed E-state index contributed by atoms with van der Waals surface area (Å²) in [5.74, 6) is 0. The summed E-state index contributed by atoms with van der Waals surface area (Å²) in [4.78, 5) is 9.89. The Balaban J connectivity index is 4.30. The van der Waals surface area contributed by atoms with Gasteiger partial charge in [0.05, 0.1) is 9.39 Å². The largest absolute Gasteiger partial charge is 0.308 e. The quantitative estimate of drug-likeness (QED) is 0.296. The molecule has 0 spiro atoms. The normalized spacial score (nSPS) is 12.2. The van der Waals surface area contributed by atoms with Crippen LogP contribution < -0.4 is 0 Å². The summed E-state index contributed by atoms with van der Waals surface area (Å²) in [6, 6.07) is 0. The molecule has 0 radical (unpaired) electrons. The molecule has 44 valence electrons. The van der Waals surface area contributed by atoms with Crippen molar-refractivity contribution < 1.29 is 4.79 Å². The summed E-state index contributed by atoms with van der Waals surface area (Å²) in [6.45, 7) is 0. The Kier molecular flexibility index (Phi) is 3.81. The number of rotatable bonds is 2. The van der Waals surface area contributed by atoms with Crippen molar-refractivity contribution in [1.82, 2.24) is 0 Å². The zero-order valence-corrected chi connectivity index (χ0v) is 6.37. The van der Waals surface area contributed by atoms with Gasteiger partial charge in [0, 0.05) is 6.21 Å². The average molecular weight is 194 g/mol. The van der Waals surface area contributed by atoms with Crippen molar-refractivity contribution in [3.8, 4) is 0 Å². The summed E-state index contributed by atoms with van der Waals surface area (Å²) in [5.41, 5.74) is 0.244. The SMILES string of the molecule is N=C/C(C=O)=C(\S)Br. The molecule has 0 atom stereocenters. The molecule has 0 aromatic rings.